The smallest absolute Gasteiger partial charge is 0.323 e. The second kappa shape index (κ2) is 2.31. The minimum absolute atomic E-state index is 0.261. The number of carbonyl (C=O) groups is 1. The Balaban J connectivity index is 2.49. The van der Waals surface area contributed by atoms with Crippen LogP contribution < -0.4 is 0 Å². The normalized spacial score (nSPS) is 28.8. The first-order valence-corrected chi connectivity index (χ1v) is 2.87. The molecular weight excluding hydrogens is 125 g/mol. The van der Waals surface area contributed by atoms with Crippen molar-refractivity contribution < 1.29 is 14.4 Å². The molecule has 1 saturated heterocycles. The average Bonchev–Trinajstić information content (AvgIpc) is 2.13. The summed E-state index contributed by atoms with van der Waals surface area (Å²) in [5.41, 5.74) is 0. The van der Waals surface area contributed by atoms with Crippen LogP contribution >= 0.6 is 0 Å². The van der Waals surface area contributed by atoms with Gasteiger partial charge in [0.25, 0.3) is 0 Å². The summed E-state index contributed by atoms with van der Waals surface area (Å²) in [5, 5.41) is 8.68. The van der Waals surface area contributed by atoms with Crippen molar-refractivity contribution in [2.45, 2.75) is 18.9 Å². The van der Waals surface area contributed by atoms with Crippen molar-refractivity contribution >= 4 is 5.97 Å². The summed E-state index contributed by atoms with van der Waals surface area (Å²) in [5.74, 6) is -1.06. The van der Waals surface area contributed by atoms with Crippen LogP contribution in [-0.2, 0) is 4.79 Å². The summed E-state index contributed by atoms with van der Waals surface area (Å²) in [7, 11) is 0. The molecule has 0 amide bonds. The number of aliphatic carboxylic acids is 1. The zero-order chi connectivity index (χ0) is 6.85. The third kappa shape index (κ3) is 1.18. The lowest BCUT2D eigenvalue weighted by Gasteiger charge is -2.07. The Hall–Kier alpha value is -0.640. The molecule has 1 aliphatic heterocycles. The van der Waals surface area contributed by atoms with Gasteiger partial charge < -0.3 is 5.11 Å². The molecule has 0 aliphatic carbocycles. The van der Waals surface area contributed by atoms with Gasteiger partial charge in [-0.2, -0.15) is 0 Å². The van der Waals surface area contributed by atoms with Crippen LogP contribution in [0.5, 0.6) is 0 Å². The Morgan fingerprint density at radius 2 is 2.44 bits per heavy atom. The van der Waals surface area contributed by atoms with Crippen LogP contribution in [0.1, 0.15) is 12.8 Å². The molecule has 0 bridgehead atoms. The highest BCUT2D eigenvalue weighted by atomic mass is 19.2. The number of carboxylic acid groups (broad SMARTS) is 1. The second-order valence-corrected chi connectivity index (χ2v) is 2.12. The van der Waals surface area contributed by atoms with Crippen LogP contribution in [0.4, 0.5) is 4.48 Å². The van der Waals surface area contributed by atoms with Gasteiger partial charge in [-0.05, 0) is 12.8 Å². The van der Waals surface area contributed by atoms with Crippen LogP contribution in [0.25, 0.3) is 0 Å². The first-order chi connectivity index (χ1) is 4.22. The maximum absolute atomic E-state index is 12.3. The third-order valence-corrected chi connectivity index (χ3v) is 1.47. The predicted molar refractivity (Wildman–Crippen MR) is 28.5 cm³/mol. The van der Waals surface area contributed by atoms with Crippen LogP contribution in [0.15, 0.2) is 0 Å². The highest BCUT2D eigenvalue weighted by molar-refractivity contribution is 5.73. The molecular formula is C5H8FNO2. The minimum atomic E-state index is -1.06. The highest BCUT2D eigenvalue weighted by Gasteiger charge is 2.30. The Morgan fingerprint density at radius 3 is 2.67 bits per heavy atom. The Labute approximate surface area is 52.0 Å². The fourth-order valence-electron chi connectivity index (χ4n) is 0.975. The van der Waals surface area contributed by atoms with E-state index >= 15 is 0 Å². The number of carboxylic acids is 1. The van der Waals surface area contributed by atoms with E-state index in [4.69, 9.17) is 5.11 Å². The van der Waals surface area contributed by atoms with Crippen molar-refractivity contribution in [3.8, 4) is 0 Å². The zero-order valence-electron chi connectivity index (χ0n) is 4.88. The number of rotatable bonds is 1. The van der Waals surface area contributed by atoms with Gasteiger partial charge >= 0.3 is 5.97 Å². The van der Waals surface area contributed by atoms with Gasteiger partial charge in [-0.15, -0.1) is 9.60 Å². The molecule has 0 radical (unpaired) electrons. The number of hydrogen-bond acceptors (Lipinski definition) is 2. The molecule has 3 nitrogen and oxygen atoms in total. The van der Waals surface area contributed by atoms with Crippen molar-refractivity contribution in [3.05, 3.63) is 0 Å². The van der Waals surface area contributed by atoms with E-state index in [0.717, 1.165) is 0 Å². The molecule has 1 fully saturated rings. The van der Waals surface area contributed by atoms with Crippen LogP contribution in [0.3, 0.4) is 0 Å². The molecule has 1 rings (SSSR count). The van der Waals surface area contributed by atoms with E-state index in [9.17, 15) is 9.28 Å². The van der Waals surface area contributed by atoms with Crippen LogP contribution in [-0.4, -0.2) is 28.8 Å². The van der Waals surface area contributed by atoms with Crippen molar-refractivity contribution in [2.24, 2.45) is 0 Å². The first kappa shape index (κ1) is 6.48. The van der Waals surface area contributed by atoms with E-state index in [2.05, 4.69) is 0 Å². The number of halogens is 1. The van der Waals surface area contributed by atoms with Crippen molar-refractivity contribution in [2.75, 3.05) is 6.54 Å². The fraction of sp³-hybridized carbons (Fsp3) is 0.800. The molecule has 1 atom stereocenters. The van der Waals surface area contributed by atoms with Crippen molar-refractivity contribution in [3.63, 3.8) is 0 Å². The quantitative estimate of drug-likeness (QED) is 0.527. The molecule has 0 aromatic rings. The Bertz CT molecular complexity index is 128. The molecule has 1 N–H and O–H groups in total. The highest BCUT2D eigenvalue weighted by Crippen LogP contribution is 2.16. The lowest BCUT2D eigenvalue weighted by molar-refractivity contribution is -0.148. The standard InChI is InChI=1S/C5H8FNO2/c6-7-3-1-2-4(7)5(8)9/h4H,1-3H2,(H,8,9). The van der Waals surface area contributed by atoms with Crippen molar-refractivity contribution in [1.29, 1.82) is 0 Å². The molecule has 1 heterocycles. The van der Waals surface area contributed by atoms with Gasteiger partial charge in [0.15, 0.2) is 0 Å². The van der Waals surface area contributed by atoms with Gasteiger partial charge in [0.05, 0.1) is 0 Å². The predicted octanol–water partition coefficient (Wildman–Crippen LogP) is 0.420. The molecule has 1 unspecified atom stereocenters. The SMILES string of the molecule is O=C(O)C1CCCN1F. The summed E-state index contributed by atoms with van der Waals surface area (Å²) >= 11 is 0. The van der Waals surface area contributed by atoms with E-state index in [1.54, 1.807) is 0 Å². The lowest BCUT2D eigenvalue weighted by atomic mass is 10.2. The summed E-state index contributed by atoms with van der Waals surface area (Å²) < 4.78 is 12.3. The molecule has 9 heavy (non-hydrogen) atoms. The van der Waals surface area contributed by atoms with Gasteiger partial charge in [-0.25, -0.2) is 0 Å². The molecule has 52 valence electrons. The monoisotopic (exact) mass is 133 g/mol. The molecule has 1 aliphatic rings. The molecule has 4 heteroatoms. The molecule has 0 spiro atoms. The average molecular weight is 133 g/mol. The fourth-order valence-corrected chi connectivity index (χ4v) is 0.975. The third-order valence-electron chi connectivity index (χ3n) is 1.47. The van der Waals surface area contributed by atoms with Gasteiger partial charge in [0.2, 0.25) is 0 Å². The van der Waals surface area contributed by atoms with Crippen molar-refractivity contribution in [1.82, 2.24) is 5.12 Å². The summed E-state index contributed by atoms with van der Waals surface area (Å²) in [6.45, 7) is 0.261. The largest absolute Gasteiger partial charge is 0.480 e. The zero-order valence-corrected chi connectivity index (χ0v) is 4.88. The van der Waals surface area contributed by atoms with Gasteiger partial charge in [0, 0.05) is 6.54 Å². The van der Waals surface area contributed by atoms with E-state index in [1.807, 2.05) is 0 Å². The molecule has 0 saturated carbocycles. The first-order valence-electron chi connectivity index (χ1n) is 2.87. The maximum Gasteiger partial charge on any atom is 0.323 e. The Morgan fingerprint density at radius 1 is 1.78 bits per heavy atom. The topological polar surface area (TPSA) is 40.5 Å². The minimum Gasteiger partial charge on any atom is -0.480 e. The summed E-state index contributed by atoms with van der Waals surface area (Å²) in [6, 6.07) is -0.884. The summed E-state index contributed by atoms with van der Waals surface area (Å²) in [6.07, 6.45) is 1.08. The molecule has 0 aromatic heterocycles. The van der Waals surface area contributed by atoms with Gasteiger partial charge in [-0.3, -0.25) is 4.79 Å². The second-order valence-electron chi connectivity index (χ2n) is 2.12. The van der Waals surface area contributed by atoms with Gasteiger partial charge in [0.1, 0.15) is 6.04 Å². The van der Waals surface area contributed by atoms with E-state index in [0.29, 0.717) is 18.0 Å². The molecule has 0 aromatic carbocycles. The van der Waals surface area contributed by atoms with E-state index in [-0.39, 0.29) is 6.54 Å². The van der Waals surface area contributed by atoms with Crippen LogP contribution in [0, 0.1) is 0 Å². The number of nitrogens with zero attached hydrogens (tertiary/aromatic N) is 1. The summed E-state index contributed by atoms with van der Waals surface area (Å²) in [4.78, 5) is 10.1. The number of hydrogen-bond donors (Lipinski definition) is 1. The maximum atomic E-state index is 12.3. The van der Waals surface area contributed by atoms with Crippen LogP contribution in [0.2, 0.25) is 0 Å². The van der Waals surface area contributed by atoms with E-state index < -0.39 is 12.0 Å². The lowest BCUT2D eigenvalue weighted by Crippen LogP contribution is -2.29. The van der Waals surface area contributed by atoms with Gasteiger partial charge in [-0.1, -0.05) is 0 Å². The Kier molecular flexibility index (Phi) is 1.66. The van der Waals surface area contributed by atoms with E-state index in [1.165, 1.54) is 0 Å².